The summed E-state index contributed by atoms with van der Waals surface area (Å²) in [6.45, 7) is 1.91. The molecule has 17 heavy (non-hydrogen) atoms. The summed E-state index contributed by atoms with van der Waals surface area (Å²) in [5, 5.41) is 10.4. The molecule has 0 atom stereocenters. The highest BCUT2D eigenvalue weighted by molar-refractivity contribution is 7.17. The van der Waals surface area contributed by atoms with Gasteiger partial charge in [0.2, 0.25) is 0 Å². The summed E-state index contributed by atoms with van der Waals surface area (Å²) in [4.78, 5) is 29.1. The fourth-order valence-corrected chi connectivity index (χ4v) is 2.50. The van der Waals surface area contributed by atoms with Crippen molar-refractivity contribution in [1.29, 1.82) is 0 Å². The van der Waals surface area contributed by atoms with Crippen molar-refractivity contribution in [2.24, 2.45) is 0 Å². The molecule has 0 amide bonds. The largest absolute Gasteiger partial charge is 0.481 e. The number of carboxylic acid groups (broad SMARTS) is 1. The number of hydrogen-bond acceptors (Lipinski definition) is 4. The molecule has 0 aliphatic rings. The number of hydrogen-bond donors (Lipinski definition) is 2. The first-order chi connectivity index (χ1) is 8.08. The Morgan fingerprint density at radius 3 is 3.06 bits per heavy atom. The number of aliphatic carboxylic acids is 1. The summed E-state index contributed by atoms with van der Waals surface area (Å²) >= 11 is 1.38. The molecule has 2 aromatic rings. The van der Waals surface area contributed by atoms with E-state index < -0.39 is 5.97 Å². The Morgan fingerprint density at radius 1 is 1.59 bits per heavy atom. The van der Waals surface area contributed by atoms with Crippen molar-refractivity contribution in [2.45, 2.75) is 26.2 Å². The van der Waals surface area contributed by atoms with Gasteiger partial charge in [-0.25, -0.2) is 4.98 Å². The van der Waals surface area contributed by atoms with E-state index in [9.17, 15) is 9.59 Å². The predicted molar refractivity (Wildman–Crippen MR) is 65.6 cm³/mol. The first-order valence-electron chi connectivity index (χ1n) is 5.26. The van der Waals surface area contributed by atoms with E-state index in [1.165, 1.54) is 11.3 Å². The standard InChI is InChI=1S/C11H12N2O3S/c1-6-5-17-10-9(6)12-7(13-11(10)16)3-2-4-8(14)15/h5H,2-4H2,1H3,(H,14,15)(H,12,13,16). The molecule has 0 unspecified atom stereocenters. The Balaban J connectivity index is 2.26. The number of aromatic amines is 1. The highest BCUT2D eigenvalue weighted by Crippen LogP contribution is 2.19. The Labute approximate surface area is 101 Å². The van der Waals surface area contributed by atoms with Gasteiger partial charge in [0.15, 0.2) is 0 Å². The van der Waals surface area contributed by atoms with E-state index in [1.807, 2.05) is 12.3 Å². The number of thiophene rings is 1. The van der Waals surface area contributed by atoms with Crippen molar-refractivity contribution in [1.82, 2.24) is 9.97 Å². The molecule has 0 bridgehead atoms. The number of carboxylic acids is 1. The first kappa shape index (κ1) is 11.8. The number of H-pyrrole nitrogens is 1. The number of fused-ring (bicyclic) bond motifs is 1. The maximum atomic E-state index is 11.7. The molecule has 0 radical (unpaired) electrons. The smallest absolute Gasteiger partial charge is 0.303 e. The van der Waals surface area contributed by atoms with Gasteiger partial charge in [0.05, 0.1) is 5.52 Å². The SMILES string of the molecule is Cc1csc2c(=O)[nH]c(CCCC(=O)O)nc12. The van der Waals surface area contributed by atoms with Crippen LogP contribution in [0, 0.1) is 6.92 Å². The quantitative estimate of drug-likeness (QED) is 0.867. The number of nitrogens with one attached hydrogen (secondary N) is 1. The fourth-order valence-electron chi connectivity index (χ4n) is 1.61. The molecule has 2 rings (SSSR count). The summed E-state index contributed by atoms with van der Waals surface area (Å²) in [5.41, 5.74) is 1.57. The molecule has 2 N–H and O–H groups in total. The second-order valence-electron chi connectivity index (χ2n) is 3.86. The van der Waals surface area contributed by atoms with Crippen LogP contribution in [0.2, 0.25) is 0 Å². The minimum absolute atomic E-state index is 0.0877. The van der Waals surface area contributed by atoms with Gasteiger partial charge in [-0.05, 0) is 24.3 Å². The highest BCUT2D eigenvalue weighted by Gasteiger charge is 2.08. The van der Waals surface area contributed by atoms with Gasteiger partial charge in [-0.3, -0.25) is 9.59 Å². The average Bonchev–Trinajstić information content (AvgIpc) is 2.61. The third-order valence-electron chi connectivity index (χ3n) is 2.46. The van der Waals surface area contributed by atoms with Gasteiger partial charge in [0.1, 0.15) is 10.5 Å². The Hall–Kier alpha value is -1.69. The van der Waals surface area contributed by atoms with Gasteiger partial charge in [0.25, 0.3) is 5.56 Å². The summed E-state index contributed by atoms with van der Waals surface area (Å²) in [6.07, 6.45) is 1.05. The topological polar surface area (TPSA) is 83.0 Å². The molecule has 0 fully saturated rings. The zero-order valence-corrected chi connectivity index (χ0v) is 10.1. The molecular weight excluding hydrogens is 240 g/mol. The number of nitrogens with zero attached hydrogens (tertiary/aromatic N) is 1. The van der Waals surface area contributed by atoms with E-state index in [0.29, 0.717) is 23.4 Å². The van der Waals surface area contributed by atoms with Gasteiger partial charge in [0, 0.05) is 12.8 Å². The molecular formula is C11H12N2O3S. The number of rotatable bonds is 4. The van der Waals surface area contributed by atoms with Crippen LogP contribution in [0.25, 0.3) is 10.2 Å². The summed E-state index contributed by atoms with van der Waals surface area (Å²) in [6, 6.07) is 0. The van der Waals surface area contributed by atoms with Gasteiger partial charge < -0.3 is 10.1 Å². The van der Waals surface area contributed by atoms with Crippen molar-refractivity contribution < 1.29 is 9.90 Å². The van der Waals surface area contributed by atoms with Crippen LogP contribution in [-0.4, -0.2) is 21.0 Å². The van der Waals surface area contributed by atoms with E-state index in [4.69, 9.17) is 5.11 Å². The zero-order valence-electron chi connectivity index (χ0n) is 9.32. The van der Waals surface area contributed by atoms with Crippen molar-refractivity contribution >= 4 is 27.5 Å². The minimum atomic E-state index is -0.833. The second-order valence-corrected chi connectivity index (χ2v) is 4.74. The number of carbonyl (C=O) groups is 1. The molecule has 6 heteroatoms. The monoisotopic (exact) mass is 252 g/mol. The van der Waals surface area contributed by atoms with Gasteiger partial charge in [-0.15, -0.1) is 11.3 Å². The Morgan fingerprint density at radius 2 is 2.35 bits per heavy atom. The predicted octanol–water partition coefficient (Wildman–Crippen LogP) is 1.70. The van der Waals surface area contributed by atoms with E-state index >= 15 is 0 Å². The van der Waals surface area contributed by atoms with E-state index in [1.54, 1.807) is 0 Å². The molecule has 90 valence electrons. The van der Waals surface area contributed by atoms with Crippen LogP contribution in [0.3, 0.4) is 0 Å². The lowest BCUT2D eigenvalue weighted by Gasteiger charge is -2.00. The second kappa shape index (κ2) is 4.67. The van der Waals surface area contributed by atoms with Crippen LogP contribution in [0.15, 0.2) is 10.2 Å². The third kappa shape index (κ3) is 2.52. The first-order valence-corrected chi connectivity index (χ1v) is 6.14. The van der Waals surface area contributed by atoms with Crippen LogP contribution in [0.5, 0.6) is 0 Å². The lowest BCUT2D eigenvalue weighted by atomic mass is 10.2. The number of aryl methyl sites for hydroxylation is 2. The van der Waals surface area contributed by atoms with Crippen molar-refractivity contribution in [3.8, 4) is 0 Å². The lowest BCUT2D eigenvalue weighted by molar-refractivity contribution is -0.137. The third-order valence-corrected chi connectivity index (χ3v) is 3.54. The van der Waals surface area contributed by atoms with Crippen molar-refractivity contribution in [2.75, 3.05) is 0 Å². The molecule has 0 aliphatic heterocycles. The normalized spacial score (nSPS) is 10.9. The van der Waals surface area contributed by atoms with Crippen molar-refractivity contribution in [3.63, 3.8) is 0 Å². The Kier molecular flexibility index (Phi) is 3.23. The molecule has 0 saturated carbocycles. The summed E-state index contributed by atoms with van der Waals surface area (Å²) in [7, 11) is 0. The highest BCUT2D eigenvalue weighted by atomic mass is 32.1. The maximum absolute atomic E-state index is 11.7. The van der Waals surface area contributed by atoms with E-state index in [0.717, 1.165) is 11.1 Å². The van der Waals surface area contributed by atoms with Crippen LogP contribution in [0.4, 0.5) is 0 Å². The van der Waals surface area contributed by atoms with E-state index in [-0.39, 0.29) is 12.0 Å². The zero-order chi connectivity index (χ0) is 12.4. The van der Waals surface area contributed by atoms with Crippen molar-refractivity contribution in [3.05, 3.63) is 27.1 Å². The van der Waals surface area contributed by atoms with Gasteiger partial charge >= 0.3 is 5.97 Å². The van der Waals surface area contributed by atoms with Gasteiger partial charge in [-0.2, -0.15) is 0 Å². The molecule has 0 spiro atoms. The molecule has 2 heterocycles. The van der Waals surface area contributed by atoms with Crippen LogP contribution in [0.1, 0.15) is 24.2 Å². The Bertz CT molecular complexity index is 615. The summed E-state index contributed by atoms with van der Waals surface area (Å²) in [5.74, 6) is -0.273. The average molecular weight is 252 g/mol. The molecule has 2 aromatic heterocycles. The molecule has 0 aromatic carbocycles. The minimum Gasteiger partial charge on any atom is -0.481 e. The molecule has 0 saturated heterocycles. The van der Waals surface area contributed by atoms with Crippen LogP contribution >= 0.6 is 11.3 Å². The fraction of sp³-hybridized carbons (Fsp3) is 0.364. The maximum Gasteiger partial charge on any atom is 0.303 e. The molecule has 0 aliphatic carbocycles. The summed E-state index contributed by atoms with van der Waals surface area (Å²) < 4.78 is 0.629. The van der Waals surface area contributed by atoms with Crippen LogP contribution in [-0.2, 0) is 11.2 Å². The lowest BCUT2D eigenvalue weighted by Crippen LogP contribution is -2.11. The van der Waals surface area contributed by atoms with Gasteiger partial charge in [-0.1, -0.05) is 0 Å². The number of aromatic nitrogens is 2. The van der Waals surface area contributed by atoms with Crippen LogP contribution < -0.4 is 5.56 Å². The van der Waals surface area contributed by atoms with E-state index in [2.05, 4.69) is 9.97 Å². The molecule has 5 nitrogen and oxygen atoms in total.